The van der Waals surface area contributed by atoms with Crippen molar-refractivity contribution in [2.24, 2.45) is 0 Å². The standard InChI is InChI=1S/C15H13ClF2O2/c1-9(19)13-7-11(16)2-5-15(13)20-8-10-6-12(17)3-4-14(10)18/h2-7,9,19H,8H2,1H3. The Hall–Kier alpha value is -1.65. The van der Waals surface area contributed by atoms with Crippen molar-refractivity contribution in [3.63, 3.8) is 0 Å². The number of hydrogen-bond donors (Lipinski definition) is 1. The first-order chi connectivity index (χ1) is 9.47. The molecule has 1 unspecified atom stereocenters. The first-order valence-electron chi connectivity index (χ1n) is 6.01. The molecule has 5 heteroatoms. The molecule has 0 bridgehead atoms. The van der Waals surface area contributed by atoms with Crippen molar-refractivity contribution in [2.75, 3.05) is 0 Å². The van der Waals surface area contributed by atoms with Crippen LogP contribution in [-0.2, 0) is 6.61 Å². The lowest BCUT2D eigenvalue weighted by atomic mass is 10.1. The van der Waals surface area contributed by atoms with E-state index in [1.54, 1.807) is 25.1 Å². The summed E-state index contributed by atoms with van der Waals surface area (Å²) in [7, 11) is 0. The number of halogens is 3. The Kier molecular flexibility index (Phi) is 4.57. The van der Waals surface area contributed by atoms with Gasteiger partial charge in [0.15, 0.2) is 0 Å². The maximum Gasteiger partial charge on any atom is 0.130 e. The minimum atomic E-state index is -0.777. The Morgan fingerprint density at radius 2 is 1.95 bits per heavy atom. The molecule has 106 valence electrons. The second kappa shape index (κ2) is 6.20. The number of aliphatic hydroxyl groups excluding tert-OH is 1. The molecule has 0 aliphatic heterocycles. The highest BCUT2D eigenvalue weighted by molar-refractivity contribution is 6.30. The minimum Gasteiger partial charge on any atom is -0.488 e. The molecule has 0 aliphatic carbocycles. The van der Waals surface area contributed by atoms with E-state index in [1.165, 1.54) is 0 Å². The molecule has 1 atom stereocenters. The third-order valence-corrected chi connectivity index (χ3v) is 3.05. The Labute approximate surface area is 120 Å². The molecule has 0 heterocycles. The molecule has 0 aromatic heterocycles. The highest BCUT2D eigenvalue weighted by Gasteiger charge is 2.11. The summed E-state index contributed by atoms with van der Waals surface area (Å²) < 4.78 is 32.0. The molecule has 0 amide bonds. The van der Waals surface area contributed by atoms with Crippen LogP contribution >= 0.6 is 11.6 Å². The molecular formula is C15H13ClF2O2. The van der Waals surface area contributed by atoms with Gasteiger partial charge in [0.2, 0.25) is 0 Å². The van der Waals surface area contributed by atoms with Crippen LogP contribution in [0.3, 0.4) is 0 Å². The fraction of sp³-hybridized carbons (Fsp3) is 0.200. The van der Waals surface area contributed by atoms with Gasteiger partial charge in [-0.3, -0.25) is 0 Å². The van der Waals surface area contributed by atoms with E-state index in [4.69, 9.17) is 16.3 Å². The van der Waals surface area contributed by atoms with E-state index >= 15 is 0 Å². The first-order valence-corrected chi connectivity index (χ1v) is 6.39. The van der Waals surface area contributed by atoms with Crippen molar-refractivity contribution < 1.29 is 18.6 Å². The van der Waals surface area contributed by atoms with Gasteiger partial charge in [-0.05, 0) is 43.3 Å². The third-order valence-electron chi connectivity index (χ3n) is 2.81. The van der Waals surface area contributed by atoms with Gasteiger partial charge in [0, 0.05) is 16.1 Å². The van der Waals surface area contributed by atoms with E-state index in [1.807, 2.05) is 0 Å². The Balaban J connectivity index is 2.20. The van der Waals surface area contributed by atoms with Crippen molar-refractivity contribution in [1.82, 2.24) is 0 Å². The summed E-state index contributed by atoms with van der Waals surface area (Å²) in [6.07, 6.45) is -0.777. The van der Waals surface area contributed by atoms with Crippen LogP contribution in [0.15, 0.2) is 36.4 Å². The number of rotatable bonds is 4. The molecule has 2 aromatic carbocycles. The zero-order chi connectivity index (χ0) is 14.7. The molecule has 0 saturated heterocycles. The predicted molar refractivity (Wildman–Crippen MR) is 72.8 cm³/mol. The van der Waals surface area contributed by atoms with Crippen LogP contribution in [0, 0.1) is 11.6 Å². The average Bonchev–Trinajstić information content (AvgIpc) is 2.40. The molecule has 20 heavy (non-hydrogen) atoms. The maximum absolute atomic E-state index is 13.5. The van der Waals surface area contributed by atoms with Gasteiger partial charge in [0.25, 0.3) is 0 Å². The fourth-order valence-electron chi connectivity index (χ4n) is 1.79. The predicted octanol–water partition coefficient (Wildman–Crippen LogP) is 4.25. The molecule has 2 rings (SSSR count). The second-order valence-corrected chi connectivity index (χ2v) is 4.82. The third kappa shape index (κ3) is 3.46. The summed E-state index contributed by atoms with van der Waals surface area (Å²) in [4.78, 5) is 0. The Morgan fingerprint density at radius 3 is 2.65 bits per heavy atom. The first kappa shape index (κ1) is 14.8. The van der Waals surface area contributed by atoms with Gasteiger partial charge in [-0.2, -0.15) is 0 Å². The van der Waals surface area contributed by atoms with Gasteiger partial charge >= 0.3 is 0 Å². The van der Waals surface area contributed by atoms with Crippen molar-refractivity contribution in [3.05, 3.63) is 64.2 Å². The number of ether oxygens (including phenoxy) is 1. The van der Waals surface area contributed by atoms with Crippen molar-refractivity contribution >= 4 is 11.6 Å². The lowest BCUT2D eigenvalue weighted by Gasteiger charge is -2.14. The lowest BCUT2D eigenvalue weighted by Crippen LogP contribution is -2.03. The normalized spacial score (nSPS) is 12.2. The summed E-state index contributed by atoms with van der Waals surface area (Å²) in [6.45, 7) is 1.44. The van der Waals surface area contributed by atoms with Crippen molar-refractivity contribution in [3.8, 4) is 5.75 Å². The van der Waals surface area contributed by atoms with Crippen LogP contribution < -0.4 is 4.74 Å². The van der Waals surface area contributed by atoms with Crippen LogP contribution in [0.5, 0.6) is 5.75 Å². The molecular weight excluding hydrogens is 286 g/mol. The molecule has 0 spiro atoms. The highest BCUT2D eigenvalue weighted by atomic mass is 35.5. The topological polar surface area (TPSA) is 29.5 Å². The van der Waals surface area contributed by atoms with Gasteiger partial charge < -0.3 is 9.84 Å². The van der Waals surface area contributed by atoms with Crippen LogP contribution in [0.1, 0.15) is 24.2 Å². The van der Waals surface area contributed by atoms with Gasteiger partial charge in [-0.1, -0.05) is 11.6 Å². The summed E-state index contributed by atoms with van der Waals surface area (Å²) in [5.41, 5.74) is 0.603. The van der Waals surface area contributed by atoms with Crippen LogP contribution in [0.4, 0.5) is 8.78 Å². The lowest BCUT2D eigenvalue weighted by molar-refractivity contribution is 0.190. The quantitative estimate of drug-likeness (QED) is 0.914. The van der Waals surface area contributed by atoms with Crippen molar-refractivity contribution in [2.45, 2.75) is 19.6 Å². The van der Waals surface area contributed by atoms with Crippen molar-refractivity contribution in [1.29, 1.82) is 0 Å². The van der Waals surface area contributed by atoms with E-state index in [-0.39, 0.29) is 12.2 Å². The molecule has 0 aliphatic rings. The SMILES string of the molecule is CC(O)c1cc(Cl)ccc1OCc1cc(F)ccc1F. The second-order valence-electron chi connectivity index (χ2n) is 4.38. The number of aliphatic hydroxyl groups is 1. The molecule has 0 fully saturated rings. The summed E-state index contributed by atoms with van der Waals surface area (Å²) in [5, 5.41) is 10.1. The van der Waals surface area contributed by atoms with Gasteiger partial charge in [-0.15, -0.1) is 0 Å². The van der Waals surface area contributed by atoms with E-state index < -0.39 is 17.7 Å². The van der Waals surface area contributed by atoms with Crippen LogP contribution in [0.2, 0.25) is 5.02 Å². The van der Waals surface area contributed by atoms with Gasteiger partial charge in [-0.25, -0.2) is 8.78 Å². The largest absolute Gasteiger partial charge is 0.488 e. The van der Waals surface area contributed by atoms with E-state index in [0.717, 1.165) is 18.2 Å². The maximum atomic E-state index is 13.5. The van der Waals surface area contributed by atoms with Gasteiger partial charge in [0.1, 0.15) is 24.0 Å². The summed E-state index contributed by atoms with van der Waals surface area (Å²) in [6, 6.07) is 7.93. The van der Waals surface area contributed by atoms with Crippen LogP contribution in [0.25, 0.3) is 0 Å². The van der Waals surface area contributed by atoms with Crippen LogP contribution in [-0.4, -0.2) is 5.11 Å². The average molecular weight is 299 g/mol. The minimum absolute atomic E-state index is 0.108. The molecule has 0 saturated carbocycles. The Bertz CT molecular complexity index is 615. The Morgan fingerprint density at radius 1 is 1.20 bits per heavy atom. The molecule has 0 radical (unpaired) electrons. The monoisotopic (exact) mass is 298 g/mol. The number of benzene rings is 2. The molecule has 2 nitrogen and oxygen atoms in total. The van der Waals surface area contributed by atoms with E-state index in [2.05, 4.69) is 0 Å². The van der Waals surface area contributed by atoms with E-state index in [9.17, 15) is 13.9 Å². The molecule has 2 aromatic rings. The fourth-order valence-corrected chi connectivity index (χ4v) is 1.97. The summed E-state index contributed by atoms with van der Waals surface area (Å²) in [5.74, 6) is -0.691. The smallest absolute Gasteiger partial charge is 0.130 e. The van der Waals surface area contributed by atoms with E-state index in [0.29, 0.717) is 16.3 Å². The van der Waals surface area contributed by atoms with Gasteiger partial charge in [0.05, 0.1) is 6.10 Å². The zero-order valence-corrected chi connectivity index (χ0v) is 11.5. The summed E-state index contributed by atoms with van der Waals surface area (Å²) >= 11 is 5.85. The molecule has 1 N–H and O–H groups in total. The number of hydrogen-bond acceptors (Lipinski definition) is 2. The zero-order valence-electron chi connectivity index (χ0n) is 10.7. The highest BCUT2D eigenvalue weighted by Crippen LogP contribution is 2.29.